The molecule has 20 heavy (non-hydrogen) atoms. The molecular formula is C13H12F5N2+. The van der Waals surface area contributed by atoms with Crippen LogP contribution in [0.2, 0.25) is 0 Å². The van der Waals surface area contributed by atoms with Gasteiger partial charge in [0.05, 0.1) is 14.1 Å². The first-order valence-electron chi connectivity index (χ1n) is 5.73. The summed E-state index contributed by atoms with van der Waals surface area (Å²) in [5, 5.41) is 0. The van der Waals surface area contributed by atoms with Crippen LogP contribution in [0, 0.1) is 42.9 Å². The highest BCUT2D eigenvalue weighted by molar-refractivity contribution is 5.56. The van der Waals surface area contributed by atoms with Gasteiger partial charge in [-0.1, -0.05) is 0 Å². The zero-order valence-electron chi connectivity index (χ0n) is 11.3. The van der Waals surface area contributed by atoms with E-state index in [-0.39, 0.29) is 5.82 Å². The molecule has 0 saturated carbocycles. The van der Waals surface area contributed by atoms with Crippen LogP contribution in [0.4, 0.5) is 22.0 Å². The summed E-state index contributed by atoms with van der Waals surface area (Å²) in [6, 6.07) is 0. The lowest BCUT2D eigenvalue weighted by Crippen LogP contribution is -2.33. The molecule has 108 valence electrons. The Balaban J connectivity index is 2.95. The number of hydrogen-bond donors (Lipinski definition) is 0. The number of aromatic nitrogens is 2. The van der Waals surface area contributed by atoms with Crippen molar-refractivity contribution in [3.63, 3.8) is 0 Å². The van der Waals surface area contributed by atoms with E-state index in [0.29, 0.717) is 11.4 Å². The molecule has 2 rings (SSSR count). The number of hydrogen-bond acceptors (Lipinski definition) is 0. The van der Waals surface area contributed by atoms with Crippen molar-refractivity contribution in [1.29, 1.82) is 0 Å². The highest BCUT2D eigenvalue weighted by Crippen LogP contribution is 2.30. The SMILES string of the molecule is Cc1c(C)[n+](C)c(-c2c(F)c(F)c(F)c(F)c2F)n1C. The van der Waals surface area contributed by atoms with E-state index in [4.69, 9.17) is 0 Å². The molecule has 0 amide bonds. The molecule has 0 bridgehead atoms. The molecule has 1 heterocycles. The van der Waals surface area contributed by atoms with E-state index in [1.54, 1.807) is 13.8 Å². The van der Waals surface area contributed by atoms with E-state index >= 15 is 0 Å². The van der Waals surface area contributed by atoms with Crippen LogP contribution in [-0.2, 0) is 14.1 Å². The first kappa shape index (κ1) is 14.5. The first-order valence-corrected chi connectivity index (χ1v) is 5.73. The highest BCUT2D eigenvalue weighted by atomic mass is 19.2. The summed E-state index contributed by atoms with van der Waals surface area (Å²) in [6.45, 7) is 3.37. The van der Waals surface area contributed by atoms with Crippen LogP contribution in [-0.4, -0.2) is 4.57 Å². The number of halogens is 5. The molecular weight excluding hydrogens is 279 g/mol. The van der Waals surface area contributed by atoms with Crippen molar-refractivity contribution < 1.29 is 26.5 Å². The molecule has 2 aromatic rings. The first-order chi connectivity index (χ1) is 9.20. The fourth-order valence-electron chi connectivity index (χ4n) is 2.16. The summed E-state index contributed by atoms with van der Waals surface area (Å²) in [5.74, 6) is -9.82. The second-order valence-corrected chi connectivity index (χ2v) is 4.56. The summed E-state index contributed by atoms with van der Waals surface area (Å²) in [4.78, 5) is 0. The Kier molecular flexibility index (Phi) is 3.31. The standard InChI is InChI=1S/C13H12F5N2/c1-5-6(2)20(4)13(19(5)3)7-8(14)10(16)12(18)11(17)9(7)15/h1-4H3/q+1. The molecule has 0 aliphatic rings. The summed E-state index contributed by atoms with van der Waals surface area (Å²) < 4.78 is 70.1. The van der Waals surface area contributed by atoms with Crippen LogP contribution in [0.1, 0.15) is 11.4 Å². The van der Waals surface area contributed by atoms with Crippen molar-refractivity contribution in [1.82, 2.24) is 4.57 Å². The van der Waals surface area contributed by atoms with Gasteiger partial charge in [0.15, 0.2) is 23.3 Å². The average molecular weight is 291 g/mol. The Hall–Kier alpha value is -1.92. The highest BCUT2D eigenvalue weighted by Gasteiger charge is 2.34. The van der Waals surface area contributed by atoms with Gasteiger partial charge in [-0.05, 0) is 0 Å². The smallest absolute Gasteiger partial charge is 0.230 e. The van der Waals surface area contributed by atoms with Crippen LogP contribution in [0.3, 0.4) is 0 Å². The Morgan fingerprint density at radius 3 is 1.55 bits per heavy atom. The van der Waals surface area contributed by atoms with Gasteiger partial charge in [0.25, 0.3) is 5.82 Å². The van der Waals surface area contributed by atoms with Crippen LogP contribution < -0.4 is 4.57 Å². The van der Waals surface area contributed by atoms with Gasteiger partial charge >= 0.3 is 0 Å². The van der Waals surface area contributed by atoms with Crippen molar-refractivity contribution in [3.05, 3.63) is 40.5 Å². The molecule has 0 N–H and O–H groups in total. The van der Waals surface area contributed by atoms with E-state index in [0.717, 1.165) is 0 Å². The van der Waals surface area contributed by atoms with Gasteiger partial charge in [-0.25, -0.2) is 31.1 Å². The lowest BCUT2D eigenvalue weighted by molar-refractivity contribution is -0.666. The van der Waals surface area contributed by atoms with E-state index in [1.165, 1.54) is 23.2 Å². The normalized spacial score (nSPS) is 11.2. The van der Waals surface area contributed by atoms with Gasteiger partial charge < -0.3 is 0 Å². The molecule has 7 heteroatoms. The van der Waals surface area contributed by atoms with E-state index in [1.807, 2.05) is 0 Å². The predicted octanol–water partition coefficient (Wildman–Crippen LogP) is 2.83. The summed E-state index contributed by atoms with van der Waals surface area (Å²) >= 11 is 0. The number of nitrogens with zero attached hydrogens (tertiary/aromatic N) is 2. The van der Waals surface area contributed by atoms with E-state index in [9.17, 15) is 22.0 Å². The fraction of sp³-hybridized carbons (Fsp3) is 0.308. The van der Waals surface area contributed by atoms with Crippen molar-refractivity contribution in [2.45, 2.75) is 13.8 Å². The van der Waals surface area contributed by atoms with Crippen LogP contribution in [0.15, 0.2) is 0 Å². The van der Waals surface area contributed by atoms with Gasteiger partial charge in [-0.15, -0.1) is 0 Å². The topological polar surface area (TPSA) is 8.81 Å². The molecule has 2 nitrogen and oxygen atoms in total. The van der Waals surface area contributed by atoms with Crippen LogP contribution in [0.5, 0.6) is 0 Å². The van der Waals surface area contributed by atoms with Gasteiger partial charge in [-0.3, -0.25) is 0 Å². The Morgan fingerprint density at radius 2 is 1.20 bits per heavy atom. The maximum Gasteiger partial charge on any atom is 0.295 e. The Morgan fingerprint density at radius 1 is 0.800 bits per heavy atom. The molecule has 0 spiro atoms. The average Bonchev–Trinajstić information content (AvgIpc) is 2.61. The van der Waals surface area contributed by atoms with Crippen molar-refractivity contribution in [3.8, 4) is 11.4 Å². The third-order valence-electron chi connectivity index (χ3n) is 3.60. The maximum atomic E-state index is 13.8. The second kappa shape index (κ2) is 4.57. The second-order valence-electron chi connectivity index (χ2n) is 4.56. The fourth-order valence-corrected chi connectivity index (χ4v) is 2.16. The quantitative estimate of drug-likeness (QED) is 0.331. The van der Waals surface area contributed by atoms with Crippen molar-refractivity contribution in [2.24, 2.45) is 14.1 Å². The number of benzene rings is 1. The zero-order chi connectivity index (χ0) is 15.4. The number of imidazole rings is 1. The Bertz CT molecular complexity index is 664. The molecule has 1 aromatic carbocycles. The summed E-state index contributed by atoms with van der Waals surface area (Å²) in [5.41, 5.74) is 0.389. The van der Waals surface area contributed by atoms with E-state index < -0.39 is 34.6 Å². The van der Waals surface area contributed by atoms with E-state index in [2.05, 4.69) is 0 Å². The number of rotatable bonds is 1. The summed E-state index contributed by atoms with van der Waals surface area (Å²) in [6.07, 6.45) is 0. The molecule has 1 aromatic heterocycles. The molecule has 0 aliphatic heterocycles. The zero-order valence-corrected chi connectivity index (χ0v) is 11.3. The van der Waals surface area contributed by atoms with Gasteiger partial charge in [-0.2, -0.15) is 0 Å². The molecule has 0 fully saturated rings. The molecule has 0 unspecified atom stereocenters. The molecule has 0 saturated heterocycles. The van der Waals surface area contributed by atoms with Gasteiger partial charge in [0.2, 0.25) is 5.82 Å². The van der Waals surface area contributed by atoms with Gasteiger partial charge in [0, 0.05) is 13.8 Å². The minimum Gasteiger partial charge on any atom is -0.230 e. The molecule has 0 aliphatic carbocycles. The lowest BCUT2D eigenvalue weighted by atomic mass is 10.1. The van der Waals surface area contributed by atoms with Gasteiger partial charge in [0.1, 0.15) is 17.0 Å². The predicted molar refractivity (Wildman–Crippen MR) is 61.3 cm³/mol. The van der Waals surface area contributed by atoms with Crippen molar-refractivity contribution >= 4 is 0 Å². The van der Waals surface area contributed by atoms with Crippen LogP contribution >= 0.6 is 0 Å². The monoisotopic (exact) mass is 291 g/mol. The maximum absolute atomic E-state index is 13.8. The van der Waals surface area contributed by atoms with Crippen LogP contribution in [0.25, 0.3) is 11.4 Å². The minimum atomic E-state index is -2.16. The third-order valence-corrected chi connectivity index (χ3v) is 3.60. The minimum absolute atomic E-state index is 0.0900. The Labute approximate surface area is 112 Å². The van der Waals surface area contributed by atoms with Crippen molar-refractivity contribution in [2.75, 3.05) is 0 Å². The molecule has 0 radical (unpaired) electrons. The third kappa shape index (κ3) is 1.72. The largest absolute Gasteiger partial charge is 0.295 e. The lowest BCUT2D eigenvalue weighted by Gasteiger charge is -2.06. The summed E-state index contributed by atoms with van der Waals surface area (Å²) in [7, 11) is 2.99. The molecule has 0 atom stereocenters.